The van der Waals surface area contributed by atoms with Gasteiger partial charge >= 0.3 is 24.8 Å². The van der Waals surface area contributed by atoms with Gasteiger partial charge in [0.25, 0.3) is 5.91 Å². The molecule has 232 valence electrons. The van der Waals surface area contributed by atoms with E-state index in [0.717, 1.165) is 41.7 Å². The number of benzene rings is 2. The monoisotopic (exact) mass is 604 g/mol. The maximum Gasteiger partial charge on any atom is 1.00 e. The van der Waals surface area contributed by atoms with Gasteiger partial charge in [0.2, 0.25) is 0 Å². The number of carboxylic acid groups (broad SMARTS) is 1. The van der Waals surface area contributed by atoms with Crippen molar-refractivity contribution < 1.29 is 43.0 Å². The third-order valence-corrected chi connectivity index (χ3v) is 8.73. The maximum absolute atomic E-state index is 13.4. The van der Waals surface area contributed by atoms with Crippen molar-refractivity contribution in [2.24, 2.45) is 11.3 Å². The molecule has 1 aliphatic rings. The number of aryl methyl sites for hydroxylation is 1. The van der Waals surface area contributed by atoms with Gasteiger partial charge in [-0.2, -0.15) is 11.8 Å². The fraction of sp³-hybridized carbons (Fsp3) is 0.600. The second-order valence-electron chi connectivity index (χ2n) is 12.9. The van der Waals surface area contributed by atoms with Gasteiger partial charge in [0, 0.05) is 12.2 Å². The number of aliphatic carboxylic acids is 1. The summed E-state index contributed by atoms with van der Waals surface area (Å²) in [5, 5.41) is 12.4. The first kappa shape index (κ1) is 37.4. The Hall–Kier alpha value is -1.75. The van der Waals surface area contributed by atoms with Crippen LogP contribution in [0.3, 0.4) is 0 Å². The van der Waals surface area contributed by atoms with E-state index < -0.39 is 12.0 Å². The Labute approximate surface area is 275 Å². The van der Waals surface area contributed by atoms with Crippen LogP contribution in [0, 0.1) is 18.3 Å². The van der Waals surface area contributed by atoms with Gasteiger partial charge in [-0.25, -0.2) is 4.79 Å². The molecule has 8 heteroatoms. The van der Waals surface area contributed by atoms with Gasteiger partial charge in [0.05, 0.1) is 19.3 Å². The second kappa shape index (κ2) is 18.9. The molecular weight excluding hydrogens is 553 g/mol. The van der Waals surface area contributed by atoms with Gasteiger partial charge in [-0.05, 0) is 83.9 Å². The Morgan fingerprint density at radius 1 is 1.07 bits per heavy atom. The molecule has 0 radical (unpaired) electrons. The molecule has 3 rings (SSSR count). The molecule has 43 heavy (non-hydrogen) atoms. The Bertz CT molecular complexity index is 1150. The van der Waals surface area contributed by atoms with Gasteiger partial charge in [-0.15, -0.1) is 0 Å². The van der Waals surface area contributed by atoms with E-state index in [1.807, 2.05) is 49.6 Å². The number of amides is 1. The standard InChI is InChI=1S/C35H51NO5S.Li/c1-25-11-9-10-14-29(25)31-22-27(15-16-30(31)33(37)36-32(34(38)39)17-20-42-5)23-41-28(21-26-12-7-6-8-13-26)24-40-19-18-35(2,3)4;/h9-11,14-16,22,26,28,32H,6-8,12-13,17-21,23-24H2,1-5H3,(H,36,37)(H,38,39);/q;+1. The van der Waals surface area contributed by atoms with Crippen LogP contribution in [-0.2, 0) is 20.9 Å². The molecule has 0 bridgehead atoms. The molecule has 2 atom stereocenters. The molecule has 1 amide bonds. The number of ether oxygens (including phenoxy) is 2. The maximum atomic E-state index is 13.4. The predicted octanol–water partition coefficient (Wildman–Crippen LogP) is 4.91. The first-order chi connectivity index (χ1) is 20.1. The molecule has 0 aromatic heterocycles. The topological polar surface area (TPSA) is 84.9 Å². The molecule has 1 saturated carbocycles. The summed E-state index contributed by atoms with van der Waals surface area (Å²) in [5.74, 6) is -0.0674. The van der Waals surface area contributed by atoms with Crippen molar-refractivity contribution in [2.45, 2.75) is 97.8 Å². The molecule has 2 aromatic carbocycles. The quantitative estimate of drug-likeness (QED) is 0.209. The van der Waals surface area contributed by atoms with Crippen molar-refractivity contribution in [3.8, 4) is 11.1 Å². The number of thioether (sulfide) groups is 1. The van der Waals surface area contributed by atoms with Gasteiger partial charge < -0.3 is 19.9 Å². The van der Waals surface area contributed by atoms with Gasteiger partial charge in [0.1, 0.15) is 6.04 Å². The molecule has 0 spiro atoms. The number of hydrogen-bond donors (Lipinski definition) is 2. The van der Waals surface area contributed by atoms with Crippen LogP contribution in [0.2, 0.25) is 0 Å². The number of hydrogen-bond acceptors (Lipinski definition) is 5. The summed E-state index contributed by atoms with van der Waals surface area (Å²) in [6, 6.07) is 12.8. The van der Waals surface area contributed by atoms with Gasteiger partial charge in [-0.3, -0.25) is 4.79 Å². The minimum atomic E-state index is -1.02. The summed E-state index contributed by atoms with van der Waals surface area (Å²) in [5.41, 5.74) is 4.46. The summed E-state index contributed by atoms with van der Waals surface area (Å²) in [6.07, 6.45) is 10.8. The fourth-order valence-electron chi connectivity index (χ4n) is 5.49. The van der Waals surface area contributed by atoms with Crippen molar-refractivity contribution in [3.63, 3.8) is 0 Å². The summed E-state index contributed by atoms with van der Waals surface area (Å²) in [6.45, 7) is 10.4. The third-order valence-electron chi connectivity index (χ3n) is 8.08. The van der Waals surface area contributed by atoms with E-state index in [1.165, 1.54) is 32.1 Å². The van der Waals surface area contributed by atoms with Crippen LogP contribution in [0.15, 0.2) is 42.5 Å². The molecule has 2 unspecified atom stereocenters. The minimum absolute atomic E-state index is 0. The van der Waals surface area contributed by atoms with Crippen LogP contribution in [0.5, 0.6) is 0 Å². The predicted molar refractivity (Wildman–Crippen MR) is 173 cm³/mol. The van der Waals surface area contributed by atoms with Crippen molar-refractivity contribution >= 4 is 23.6 Å². The van der Waals surface area contributed by atoms with Crippen molar-refractivity contribution in [2.75, 3.05) is 25.2 Å². The molecule has 2 aromatic rings. The van der Waals surface area contributed by atoms with Crippen LogP contribution in [0.1, 0.15) is 93.6 Å². The smallest absolute Gasteiger partial charge is 0.480 e. The van der Waals surface area contributed by atoms with E-state index in [2.05, 4.69) is 26.1 Å². The summed E-state index contributed by atoms with van der Waals surface area (Å²) < 4.78 is 12.6. The molecular formula is C35H51LiNO5S+. The first-order valence-electron chi connectivity index (χ1n) is 15.5. The van der Waals surface area contributed by atoms with Crippen LogP contribution < -0.4 is 24.2 Å². The SMILES string of the molecule is CSCCC(NC(=O)c1ccc(COC(COCCC(C)(C)C)CC2CCCCC2)cc1-c1ccccc1C)C(=O)O.[Li+]. The largest absolute Gasteiger partial charge is 1.00 e. The summed E-state index contributed by atoms with van der Waals surface area (Å²) >= 11 is 1.56. The molecule has 2 N–H and O–H groups in total. The Balaban J connectivity index is 0.00000645. The van der Waals surface area contributed by atoms with Crippen LogP contribution in [0.25, 0.3) is 11.1 Å². The molecule has 6 nitrogen and oxygen atoms in total. The van der Waals surface area contributed by atoms with Crippen molar-refractivity contribution in [1.29, 1.82) is 0 Å². The zero-order valence-electron chi connectivity index (χ0n) is 27.2. The van der Waals surface area contributed by atoms with Crippen LogP contribution in [-0.4, -0.2) is 54.4 Å². The number of nitrogens with one attached hydrogen (secondary N) is 1. The van der Waals surface area contributed by atoms with Gasteiger partial charge in [0.15, 0.2) is 0 Å². The van der Waals surface area contributed by atoms with E-state index in [9.17, 15) is 14.7 Å². The second-order valence-corrected chi connectivity index (χ2v) is 13.9. The third kappa shape index (κ3) is 13.0. The summed E-state index contributed by atoms with van der Waals surface area (Å²) in [4.78, 5) is 25.2. The number of rotatable bonds is 16. The number of carbonyl (C=O) groups excluding carboxylic acids is 1. The molecule has 0 saturated heterocycles. The van der Waals surface area contributed by atoms with Gasteiger partial charge in [-0.1, -0.05) is 83.2 Å². The average Bonchev–Trinajstić information content (AvgIpc) is 2.96. The van der Waals surface area contributed by atoms with E-state index in [-0.39, 0.29) is 36.3 Å². The Morgan fingerprint density at radius 2 is 1.79 bits per heavy atom. The molecule has 1 aliphatic carbocycles. The molecule has 0 heterocycles. The number of carboxylic acids is 1. The van der Waals surface area contributed by atoms with E-state index in [4.69, 9.17) is 9.47 Å². The first-order valence-corrected chi connectivity index (χ1v) is 16.9. The van der Waals surface area contributed by atoms with Crippen molar-refractivity contribution in [3.05, 3.63) is 59.2 Å². The number of carbonyl (C=O) groups is 2. The zero-order chi connectivity index (χ0) is 30.5. The van der Waals surface area contributed by atoms with E-state index in [1.54, 1.807) is 17.8 Å². The molecule has 0 aliphatic heterocycles. The molecule has 1 fully saturated rings. The zero-order valence-corrected chi connectivity index (χ0v) is 28.1. The van der Waals surface area contributed by atoms with Crippen LogP contribution >= 0.6 is 11.8 Å². The van der Waals surface area contributed by atoms with E-state index >= 15 is 0 Å². The van der Waals surface area contributed by atoms with E-state index in [0.29, 0.717) is 36.9 Å². The Morgan fingerprint density at radius 3 is 2.44 bits per heavy atom. The minimum Gasteiger partial charge on any atom is -0.480 e. The average molecular weight is 605 g/mol. The summed E-state index contributed by atoms with van der Waals surface area (Å²) in [7, 11) is 0. The normalized spacial score (nSPS) is 15.4. The van der Waals surface area contributed by atoms with Crippen LogP contribution in [0.4, 0.5) is 0 Å². The Kier molecular flexibility index (Phi) is 16.5. The fourth-order valence-corrected chi connectivity index (χ4v) is 5.96. The van der Waals surface area contributed by atoms with Crippen molar-refractivity contribution in [1.82, 2.24) is 5.32 Å².